The molecule has 0 aromatic rings. The van der Waals surface area contributed by atoms with Gasteiger partial charge in [-0.25, -0.2) is 0 Å². The monoisotopic (exact) mass is 894 g/mol. The fourth-order valence-electron chi connectivity index (χ4n) is 7.93. The standard InChI is InChI=1S/C47H75NO15/c1-28-18-16-14-12-10-8-6-7-9-11-13-15-17-19-38(62-46-45(58)42(48)44(57)32(5)61-46)25-40-30(3)39(54)27-47(59,63-40)26-37(53)23-35(51)21-33(49)20-34(50)22-36(52)24-41(55)60-31(4)29(2)43(28)56/h6-19,28-40,42-46,49-54,56-59H,20-27,48H2,1-5H3/b7-6+,10-8+,11-9+,14-12+,15-13+,18-16+,19-17+/t28-,29-,30+,31-,32+,33-,34?,35?,36+,37-,38-,39-,40?,42-,43+,44+,45-,46-,47+/m0/s1. The Morgan fingerprint density at radius 2 is 1.08 bits per heavy atom. The van der Waals surface area contributed by atoms with E-state index in [2.05, 4.69) is 0 Å². The molecule has 0 aliphatic carbocycles. The highest BCUT2D eigenvalue weighted by Crippen LogP contribution is 2.37. The first-order chi connectivity index (χ1) is 29.7. The van der Waals surface area contributed by atoms with Crippen LogP contribution < -0.4 is 5.73 Å². The number of rotatable bonds is 2. The van der Waals surface area contributed by atoms with Crippen LogP contribution in [0.1, 0.15) is 86.0 Å². The van der Waals surface area contributed by atoms with Crippen LogP contribution in [0.3, 0.4) is 0 Å². The maximum atomic E-state index is 12.6. The second kappa shape index (κ2) is 26.9. The van der Waals surface area contributed by atoms with E-state index in [0.717, 1.165) is 0 Å². The van der Waals surface area contributed by atoms with Crippen molar-refractivity contribution in [1.29, 1.82) is 0 Å². The van der Waals surface area contributed by atoms with Gasteiger partial charge >= 0.3 is 5.97 Å². The van der Waals surface area contributed by atoms with E-state index in [9.17, 15) is 55.9 Å². The van der Waals surface area contributed by atoms with E-state index in [-0.39, 0.29) is 44.4 Å². The predicted octanol–water partition coefficient (Wildman–Crippen LogP) is 1.65. The van der Waals surface area contributed by atoms with Crippen LogP contribution in [0.15, 0.2) is 85.1 Å². The molecule has 16 heteroatoms. The molecule has 0 spiro atoms. The van der Waals surface area contributed by atoms with E-state index in [1.54, 1.807) is 52.0 Å². The maximum Gasteiger partial charge on any atom is 0.308 e. The highest BCUT2D eigenvalue weighted by molar-refractivity contribution is 5.70. The van der Waals surface area contributed by atoms with Gasteiger partial charge in [-0.05, 0) is 39.5 Å². The van der Waals surface area contributed by atoms with Gasteiger partial charge in [0.1, 0.15) is 12.2 Å². The highest BCUT2D eigenvalue weighted by Gasteiger charge is 2.47. The van der Waals surface area contributed by atoms with Gasteiger partial charge in [0, 0.05) is 37.0 Å². The Kier molecular flexibility index (Phi) is 23.2. The average Bonchev–Trinajstić information content (AvgIpc) is 3.19. The van der Waals surface area contributed by atoms with Crippen molar-refractivity contribution in [3.8, 4) is 0 Å². The summed E-state index contributed by atoms with van der Waals surface area (Å²) in [6, 6.07) is -1.05. The van der Waals surface area contributed by atoms with Gasteiger partial charge in [-0.2, -0.15) is 0 Å². The lowest BCUT2D eigenvalue weighted by Crippen LogP contribution is -2.61. The van der Waals surface area contributed by atoms with Crippen LogP contribution in [-0.4, -0.2) is 155 Å². The summed E-state index contributed by atoms with van der Waals surface area (Å²) in [6.07, 6.45) is 8.10. The van der Waals surface area contributed by atoms with E-state index < -0.39 is 128 Å². The summed E-state index contributed by atoms with van der Waals surface area (Å²) in [6.45, 7) is 8.60. The van der Waals surface area contributed by atoms with Crippen LogP contribution in [0.2, 0.25) is 0 Å². The van der Waals surface area contributed by atoms with Crippen LogP contribution in [0.25, 0.3) is 0 Å². The minimum absolute atomic E-state index is 0.0568. The molecule has 2 fully saturated rings. The van der Waals surface area contributed by atoms with E-state index in [0.29, 0.717) is 0 Å². The molecule has 3 aliphatic heterocycles. The topological polar surface area (TPSA) is 282 Å². The summed E-state index contributed by atoms with van der Waals surface area (Å²) in [5.74, 6) is -3.95. The Bertz CT molecular complexity index is 1570. The molecule has 3 heterocycles. The van der Waals surface area contributed by atoms with Gasteiger partial charge in [0.25, 0.3) is 0 Å². The molecule has 0 radical (unpaired) electrons. The number of hydrogen-bond donors (Lipinski definition) is 11. The van der Waals surface area contributed by atoms with Crippen LogP contribution >= 0.6 is 0 Å². The van der Waals surface area contributed by atoms with Crippen molar-refractivity contribution in [2.45, 2.75) is 183 Å². The Morgan fingerprint density at radius 3 is 1.63 bits per heavy atom. The van der Waals surface area contributed by atoms with Crippen molar-refractivity contribution in [1.82, 2.24) is 0 Å². The van der Waals surface area contributed by atoms with Gasteiger partial charge in [-0.1, -0.05) is 106 Å². The molecular formula is C47H75NO15. The number of fused-ring (bicyclic) bond motifs is 2. The normalized spacial score (nSPS) is 46.6. The highest BCUT2D eigenvalue weighted by atomic mass is 16.7. The fraction of sp³-hybridized carbons (Fsp3) is 0.681. The van der Waals surface area contributed by atoms with Crippen LogP contribution in [0.4, 0.5) is 0 Å². The second-order valence-corrected chi connectivity index (χ2v) is 17.6. The lowest BCUT2D eigenvalue weighted by Gasteiger charge is -2.45. The van der Waals surface area contributed by atoms with Crippen LogP contribution in [-0.2, 0) is 23.7 Å². The first kappa shape index (κ1) is 54.4. The van der Waals surface area contributed by atoms with Gasteiger partial charge in [0.2, 0.25) is 0 Å². The molecular weight excluding hydrogens is 819 g/mol. The van der Waals surface area contributed by atoms with Gasteiger partial charge < -0.3 is 75.7 Å². The third-order valence-corrected chi connectivity index (χ3v) is 12.0. The van der Waals surface area contributed by atoms with Gasteiger partial charge in [-0.15, -0.1) is 0 Å². The summed E-state index contributed by atoms with van der Waals surface area (Å²) in [7, 11) is 0. The van der Waals surface area contributed by atoms with E-state index in [1.807, 2.05) is 67.7 Å². The fourth-order valence-corrected chi connectivity index (χ4v) is 7.93. The van der Waals surface area contributed by atoms with Crippen LogP contribution in [0.5, 0.6) is 0 Å². The van der Waals surface area contributed by atoms with Gasteiger partial charge in [0.05, 0.1) is 79.6 Å². The molecule has 0 aromatic heterocycles. The molecule has 0 amide bonds. The van der Waals surface area contributed by atoms with E-state index in [4.69, 9.17) is 24.7 Å². The molecule has 3 aliphatic rings. The molecule has 0 saturated carbocycles. The SMILES string of the molecule is C[C@@H]1[C@H](O)[C@@H](C)/C=C/C=C/C=C/C=C/C=C/C=C/C=C/[C@H](O[C@@H]2O[C@H](C)[C@@H](O)[C@H](N)[C@@H]2O)CC2O[C@](O)(C[C@@H](O)CC(O)C[C@@H](O)CC(O)C[C@@H](O)CC(=O)O[C@H]1C)C[C@H](O)[C@H]2C. The quantitative estimate of drug-likeness (QED) is 0.176. The predicted molar refractivity (Wildman–Crippen MR) is 235 cm³/mol. The summed E-state index contributed by atoms with van der Waals surface area (Å²) in [5.41, 5.74) is 6.06. The van der Waals surface area contributed by atoms with Gasteiger partial charge in [0.15, 0.2) is 12.1 Å². The van der Waals surface area contributed by atoms with Crippen molar-refractivity contribution in [2.24, 2.45) is 23.5 Å². The summed E-state index contributed by atoms with van der Waals surface area (Å²) in [5, 5.41) is 108. The molecule has 12 N–H and O–H groups in total. The number of ether oxygens (including phenoxy) is 4. The smallest absolute Gasteiger partial charge is 0.308 e. The van der Waals surface area contributed by atoms with Crippen LogP contribution in [0, 0.1) is 17.8 Å². The largest absolute Gasteiger partial charge is 0.462 e. The van der Waals surface area contributed by atoms with Crippen molar-refractivity contribution < 1.29 is 74.8 Å². The Hall–Kier alpha value is -2.91. The molecule has 2 saturated heterocycles. The maximum absolute atomic E-state index is 12.6. The van der Waals surface area contributed by atoms with Crippen molar-refractivity contribution in [3.05, 3.63) is 85.1 Å². The number of cyclic esters (lactones) is 1. The van der Waals surface area contributed by atoms with Crippen molar-refractivity contribution in [2.75, 3.05) is 0 Å². The molecule has 0 aromatic carbocycles. The third kappa shape index (κ3) is 18.8. The zero-order chi connectivity index (χ0) is 46.9. The minimum atomic E-state index is -2.03. The molecule has 3 rings (SSSR count). The summed E-state index contributed by atoms with van der Waals surface area (Å²) < 4.78 is 23.6. The molecule has 3 unspecified atom stereocenters. The Balaban J connectivity index is 1.81. The lowest BCUT2D eigenvalue weighted by molar-refractivity contribution is -0.308. The molecule has 16 nitrogen and oxygen atoms in total. The third-order valence-electron chi connectivity index (χ3n) is 12.0. The Morgan fingerprint density at radius 1 is 0.587 bits per heavy atom. The lowest BCUT2D eigenvalue weighted by atomic mass is 9.84. The summed E-state index contributed by atoms with van der Waals surface area (Å²) >= 11 is 0. The molecule has 358 valence electrons. The molecule has 2 bridgehead atoms. The molecule has 19 atom stereocenters. The van der Waals surface area contributed by atoms with E-state index >= 15 is 0 Å². The number of carbonyl (C=O) groups is 1. The number of aliphatic hydroxyl groups excluding tert-OH is 9. The Labute approximate surface area is 372 Å². The number of carbonyl (C=O) groups excluding carboxylic acids is 1. The first-order valence-electron chi connectivity index (χ1n) is 22.2. The number of nitrogens with two attached hydrogens (primary N) is 1. The molecule has 63 heavy (non-hydrogen) atoms. The number of aliphatic hydroxyl groups is 10. The van der Waals surface area contributed by atoms with Crippen molar-refractivity contribution in [3.63, 3.8) is 0 Å². The number of allylic oxidation sites excluding steroid dienone is 12. The average molecular weight is 894 g/mol. The first-order valence-corrected chi connectivity index (χ1v) is 22.2. The zero-order valence-corrected chi connectivity index (χ0v) is 37.2. The zero-order valence-electron chi connectivity index (χ0n) is 37.2. The van der Waals surface area contributed by atoms with Crippen molar-refractivity contribution >= 4 is 5.97 Å². The summed E-state index contributed by atoms with van der Waals surface area (Å²) in [4.78, 5) is 12.6. The van der Waals surface area contributed by atoms with E-state index in [1.165, 1.54) is 0 Å². The number of esters is 1. The second-order valence-electron chi connectivity index (χ2n) is 17.6. The number of hydrogen-bond acceptors (Lipinski definition) is 16. The minimum Gasteiger partial charge on any atom is -0.462 e. The van der Waals surface area contributed by atoms with Gasteiger partial charge in [-0.3, -0.25) is 4.79 Å².